The zero-order valence-corrected chi connectivity index (χ0v) is 10.3. The first-order valence-corrected chi connectivity index (χ1v) is 5.86. The molecule has 2 N–H and O–H groups in total. The number of nitrogens with two attached hydrogens (primary N) is 1. The third-order valence-corrected chi connectivity index (χ3v) is 4.12. The summed E-state index contributed by atoms with van der Waals surface area (Å²) in [6.45, 7) is 5.14. The van der Waals surface area contributed by atoms with Crippen molar-refractivity contribution < 1.29 is 0 Å². The maximum Gasteiger partial charge on any atom is 0.0216 e. The number of benzene rings is 1. The minimum atomic E-state index is 0.287. The summed E-state index contributed by atoms with van der Waals surface area (Å²) < 4.78 is 1.23. The van der Waals surface area contributed by atoms with E-state index >= 15 is 0 Å². The Bertz CT molecular complexity index is 367. The number of aryl methyl sites for hydroxylation is 1. The summed E-state index contributed by atoms with van der Waals surface area (Å²) in [5.74, 6) is 0. The van der Waals surface area contributed by atoms with Crippen LogP contribution in [0.1, 0.15) is 29.5 Å². The molecule has 1 aromatic rings. The molecule has 0 atom stereocenters. The predicted octanol–water partition coefficient (Wildman–Crippen LogP) is 3.06. The largest absolute Gasteiger partial charge is 0.330 e. The molecule has 0 radical (unpaired) electrons. The van der Waals surface area contributed by atoms with Gasteiger partial charge in [-0.25, -0.2) is 0 Å². The van der Waals surface area contributed by atoms with E-state index in [9.17, 15) is 0 Å². The van der Waals surface area contributed by atoms with Crippen LogP contribution in [-0.2, 0) is 5.41 Å². The van der Waals surface area contributed by atoms with Crippen molar-refractivity contribution in [3.63, 3.8) is 0 Å². The second-order valence-electron chi connectivity index (χ2n) is 4.35. The van der Waals surface area contributed by atoms with Crippen LogP contribution in [0.2, 0.25) is 0 Å². The van der Waals surface area contributed by atoms with Crippen LogP contribution in [0, 0.1) is 13.8 Å². The van der Waals surface area contributed by atoms with Gasteiger partial charge in [-0.05, 0) is 49.4 Å². The summed E-state index contributed by atoms with van der Waals surface area (Å²) in [5, 5.41) is 0. The lowest BCUT2D eigenvalue weighted by atomic mass is 9.90. The van der Waals surface area contributed by atoms with Crippen molar-refractivity contribution in [2.24, 2.45) is 5.73 Å². The van der Waals surface area contributed by atoms with Crippen molar-refractivity contribution >= 4 is 15.9 Å². The van der Waals surface area contributed by atoms with E-state index in [1.807, 2.05) is 0 Å². The van der Waals surface area contributed by atoms with E-state index in [2.05, 4.69) is 41.9 Å². The molecule has 2 heteroatoms. The highest BCUT2D eigenvalue weighted by atomic mass is 79.9. The van der Waals surface area contributed by atoms with Gasteiger partial charge < -0.3 is 5.73 Å². The van der Waals surface area contributed by atoms with Gasteiger partial charge in [0.2, 0.25) is 0 Å². The summed E-state index contributed by atoms with van der Waals surface area (Å²) in [4.78, 5) is 0. The Kier molecular flexibility index (Phi) is 2.44. The molecule has 1 aliphatic rings. The Hall–Kier alpha value is -0.340. The maximum absolute atomic E-state index is 5.87. The Morgan fingerprint density at radius 1 is 1.36 bits per heavy atom. The fourth-order valence-corrected chi connectivity index (χ4v) is 2.99. The summed E-state index contributed by atoms with van der Waals surface area (Å²) in [7, 11) is 0. The molecule has 1 fully saturated rings. The number of halogens is 1. The standard InChI is InChI=1S/C12H16BrN/c1-8-3-4-10(13)11(9(8)2)12(7-14)5-6-12/h3-4H,5-7,14H2,1-2H3. The predicted molar refractivity (Wildman–Crippen MR) is 63.6 cm³/mol. The van der Waals surface area contributed by atoms with E-state index in [1.165, 1.54) is 34.0 Å². The molecule has 1 aliphatic carbocycles. The van der Waals surface area contributed by atoms with Gasteiger partial charge in [-0.15, -0.1) is 0 Å². The average Bonchev–Trinajstić information content (AvgIpc) is 2.93. The highest BCUT2D eigenvalue weighted by Crippen LogP contribution is 2.51. The van der Waals surface area contributed by atoms with Crippen molar-refractivity contribution in [3.05, 3.63) is 33.3 Å². The van der Waals surface area contributed by atoms with Gasteiger partial charge in [-0.2, -0.15) is 0 Å². The van der Waals surface area contributed by atoms with E-state index in [-0.39, 0.29) is 5.41 Å². The highest BCUT2D eigenvalue weighted by molar-refractivity contribution is 9.10. The molecular weight excluding hydrogens is 238 g/mol. The molecule has 0 bridgehead atoms. The minimum absolute atomic E-state index is 0.287. The molecule has 2 rings (SSSR count). The lowest BCUT2D eigenvalue weighted by molar-refractivity contribution is 0.694. The SMILES string of the molecule is Cc1ccc(Br)c(C2(CN)CC2)c1C. The van der Waals surface area contributed by atoms with E-state index in [0.29, 0.717) is 0 Å². The van der Waals surface area contributed by atoms with Crippen LogP contribution in [-0.4, -0.2) is 6.54 Å². The van der Waals surface area contributed by atoms with Crippen LogP contribution in [0.4, 0.5) is 0 Å². The van der Waals surface area contributed by atoms with Crippen LogP contribution in [0.15, 0.2) is 16.6 Å². The first kappa shape index (κ1) is 10.2. The Morgan fingerprint density at radius 3 is 2.50 bits per heavy atom. The van der Waals surface area contributed by atoms with Crippen LogP contribution < -0.4 is 5.73 Å². The Morgan fingerprint density at radius 2 is 2.00 bits per heavy atom. The lowest BCUT2D eigenvalue weighted by Gasteiger charge is -2.19. The molecule has 0 unspecified atom stereocenters. The van der Waals surface area contributed by atoms with Gasteiger partial charge in [0.15, 0.2) is 0 Å². The molecule has 0 heterocycles. The molecule has 0 aliphatic heterocycles. The van der Waals surface area contributed by atoms with Gasteiger partial charge in [-0.1, -0.05) is 22.0 Å². The fourth-order valence-electron chi connectivity index (χ4n) is 2.14. The molecule has 76 valence electrons. The van der Waals surface area contributed by atoms with Gasteiger partial charge in [0.25, 0.3) is 0 Å². The highest BCUT2D eigenvalue weighted by Gasteiger charge is 2.45. The summed E-state index contributed by atoms with van der Waals surface area (Å²) >= 11 is 3.64. The van der Waals surface area contributed by atoms with Gasteiger partial charge >= 0.3 is 0 Å². The number of rotatable bonds is 2. The Labute approximate surface area is 93.8 Å². The first-order valence-electron chi connectivity index (χ1n) is 5.07. The Balaban J connectivity index is 2.57. The molecular formula is C12H16BrN. The van der Waals surface area contributed by atoms with Crippen molar-refractivity contribution in [1.29, 1.82) is 0 Å². The van der Waals surface area contributed by atoms with Crippen LogP contribution >= 0.6 is 15.9 Å². The van der Waals surface area contributed by atoms with E-state index in [0.717, 1.165) is 6.54 Å². The molecule has 0 aromatic heterocycles. The van der Waals surface area contributed by atoms with E-state index in [4.69, 9.17) is 5.73 Å². The normalized spacial score (nSPS) is 18.3. The van der Waals surface area contributed by atoms with Crippen LogP contribution in [0.25, 0.3) is 0 Å². The first-order chi connectivity index (χ1) is 6.60. The smallest absolute Gasteiger partial charge is 0.0216 e. The van der Waals surface area contributed by atoms with Crippen molar-refractivity contribution in [2.45, 2.75) is 32.1 Å². The van der Waals surface area contributed by atoms with Gasteiger partial charge in [0.05, 0.1) is 0 Å². The molecule has 1 nitrogen and oxygen atoms in total. The third-order valence-electron chi connectivity index (χ3n) is 3.46. The van der Waals surface area contributed by atoms with Gasteiger partial charge in [0.1, 0.15) is 0 Å². The van der Waals surface area contributed by atoms with Crippen LogP contribution in [0.5, 0.6) is 0 Å². The topological polar surface area (TPSA) is 26.0 Å². The molecule has 0 amide bonds. The van der Waals surface area contributed by atoms with Crippen molar-refractivity contribution in [2.75, 3.05) is 6.54 Å². The third kappa shape index (κ3) is 1.41. The molecule has 1 saturated carbocycles. The van der Waals surface area contributed by atoms with E-state index in [1.54, 1.807) is 0 Å². The zero-order valence-electron chi connectivity index (χ0n) is 8.73. The minimum Gasteiger partial charge on any atom is -0.330 e. The van der Waals surface area contributed by atoms with Gasteiger partial charge in [-0.3, -0.25) is 0 Å². The molecule has 14 heavy (non-hydrogen) atoms. The fraction of sp³-hybridized carbons (Fsp3) is 0.500. The van der Waals surface area contributed by atoms with Crippen molar-refractivity contribution in [3.8, 4) is 0 Å². The van der Waals surface area contributed by atoms with E-state index < -0.39 is 0 Å². The summed E-state index contributed by atoms with van der Waals surface area (Å²) in [6.07, 6.45) is 2.48. The van der Waals surface area contributed by atoms with Gasteiger partial charge in [0, 0.05) is 16.4 Å². The zero-order chi connectivity index (χ0) is 10.3. The van der Waals surface area contributed by atoms with Crippen molar-refractivity contribution in [1.82, 2.24) is 0 Å². The average molecular weight is 254 g/mol. The maximum atomic E-state index is 5.87. The molecule has 0 saturated heterocycles. The number of hydrogen-bond donors (Lipinski definition) is 1. The second-order valence-corrected chi connectivity index (χ2v) is 5.20. The lowest BCUT2D eigenvalue weighted by Crippen LogP contribution is -2.21. The monoisotopic (exact) mass is 253 g/mol. The second kappa shape index (κ2) is 3.35. The molecule has 1 aromatic carbocycles. The summed E-state index contributed by atoms with van der Waals surface area (Å²) in [6, 6.07) is 4.31. The van der Waals surface area contributed by atoms with Crippen LogP contribution in [0.3, 0.4) is 0 Å². The quantitative estimate of drug-likeness (QED) is 0.862. The number of hydrogen-bond acceptors (Lipinski definition) is 1. The molecule has 0 spiro atoms. The summed E-state index contributed by atoms with van der Waals surface area (Å²) in [5.41, 5.74) is 10.4.